The molecule has 0 aliphatic carbocycles. The van der Waals surface area contributed by atoms with Crippen LogP contribution in [0.4, 0.5) is 10.1 Å². The Balaban J connectivity index is 1.35. The average Bonchev–Trinajstić information content (AvgIpc) is 3.34. The Morgan fingerprint density at radius 3 is 2.79 bits per heavy atom. The predicted molar refractivity (Wildman–Crippen MR) is 109 cm³/mol. The van der Waals surface area contributed by atoms with Gasteiger partial charge in [-0.2, -0.15) is 5.10 Å². The van der Waals surface area contributed by atoms with E-state index in [0.29, 0.717) is 17.3 Å². The number of nitrogens with zero attached hydrogens (tertiary/aromatic N) is 3. The zero-order valence-electron chi connectivity index (χ0n) is 15.9. The summed E-state index contributed by atoms with van der Waals surface area (Å²) in [7, 11) is 0. The number of anilines is 1. The minimum Gasteiger partial charge on any atom is -0.455 e. The van der Waals surface area contributed by atoms with Crippen LogP contribution in [-0.4, -0.2) is 33.7 Å². The van der Waals surface area contributed by atoms with Gasteiger partial charge in [0.2, 0.25) is 0 Å². The summed E-state index contributed by atoms with van der Waals surface area (Å²) >= 11 is 6.06. The normalized spacial score (nSPS) is 14.8. The van der Waals surface area contributed by atoms with Gasteiger partial charge in [0.15, 0.2) is 5.76 Å². The summed E-state index contributed by atoms with van der Waals surface area (Å²) in [5, 5.41) is 7.34. The number of carbonyl (C=O) groups excluding carboxylic acids is 1. The molecule has 3 heterocycles. The first-order valence-electron chi connectivity index (χ1n) is 9.65. The molecular formula is C21H22ClFN4O2. The molecule has 1 aromatic carbocycles. The quantitative estimate of drug-likeness (QED) is 0.640. The van der Waals surface area contributed by atoms with E-state index in [1.807, 2.05) is 6.07 Å². The molecule has 1 fully saturated rings. The molecule has 3 aromatic rings. The van der Waals surface area contributed by atoms with Crippen LogP contribution in [0.15, 0.2) is 47.1 Å². The Bertz CT molecular complexity index is 994. The topological polar surface area (TPSA) is 63.3 Å². The van der Waals surface area contributed by atoms with Crippen molar-refractivity contribution in [3.05, 3.63) is 70.6 Å². The summed E-state index contributed by atoms with van der Waals surface area (Å²) < 4.78 is 20.5. The van der Waals surface area contributed by atoms with Crippen molar-refractivity contribution in [1.29, 1.82) is 0 Å². The number of hydrogen-bond donors (Lipinski definition) is 1. The zero-order valence-corrected chi connectivity index (χ0v) is 16.7. The third-order valence-corrected chi connectivity index (χ3v) is 5.30. The number of aromatic nitrogens is 2. The van der Waals surface area contributed by atoms with E-state index in [0.717, 1.165) is 31.0 Å². The van der Waals surface area contributed by atoms with Gasteiger partial charge in [-0.15, -0.1) is 0 Å². The molecule has 0 spiro atoms. The Morgan fingerprint density at radius 1 is 1.17 bits per heavy atom. The van der Waals surface area contributed by atoms with Crippen LogP contribution < -0.4 is 5.32 Å². The number of hydrogen-bond acceptors (Lipinski definition) is 4. The highest BCUT2D eigenvalue weighted by Gasteiger charge is 2.16. The minimum atomic E-state index is -0.384. The van der Waals surface area contributed by atoms with Gasteiger partial charge in [0.25, 0.3) is 5.91 Å². The first kappa shape index (κ1) is 19.7. The third-order valence-electron chi connectivity index (χ3n) is 4.95. The van der Waals surface area contributed by atoms with E-state index in [1.165, 1.54) is 31.4 Å². The van der Waals surface area contributed by atoms with Crippen LogP contribution in [-0.2, 0) is 13.1 Å². The molecule has 1 aliphatic heterocycles. The van der Waals surface area contributed by atoms with Gasteiger partial charge >= 0.3 is 0 Å². The second kappa shape index (κ2) is 8.80. The van der Waals surface area contributed by atoms with Crippen LogP contribution in [0.5, 0.6) is 0 Å². The molecule has 1 amide bonds. The molecule has 8 heteroatoms. The van der Waals surface area contributed by atoms with Crippen molar-refractivity contribution < 1.29 is 13.6 Å². The average molecular weight is 417 g/mol. The van der Waals surface area contributed by atoms with E-state index in [9.17, 15) is 9.18 Å². The van der Waals surface area contributed by atoms with E-state index in [-0.39, 0.29) is 17.5 Å². The summed E-state index contributed by atoms with van der Waals surface area (Å²) in [6.07, 6.45) is 6.94. The van der Waals surface area contributed by atoms with Crippen LogP contribution in [0.2, 0.25) is 5.02 Å². The molecule has 0 bridgehead atoms. The monoisotopic (exact) mass is 416 g/mol. The predicted octanol–water partition coefficient (Wildman–Crippen LogP) is 4.56. The van der Waals surface area contributed by atoms with Crippen molar-refractivity contribution >= 4 is 23.2 Å². The molecule has 152 valence electrons. The van der Waals surface area contributed by atoms with Crippen LogP contribution >= 0.6 is 11.6 Å². The van der Waals surface area contributed by atoms with E-state index in [2.05, 4.69) is 15.3 Å². The third kappa shape index (κ3) is 5.05. The fourth-order valence-corrected chi connectivity index (χ4v) is 3.68. The van der Waals surface area contributed by atoms with Gasteiger partial charge in [0, 0.05) is 11.2 Å². The Hall–Kier alpha value is -2.64. The SMILES string of the molecule is O=C(Nc1cnn(Cc2ccc(F)cc2Cl)c1)c1ccc(CN2CCCCC2)o1. The molecule has 1 saturated heterocycles. The van der Waals surface area contributed by atoms with Gasteiger partial charge in [-0.05, 0) is 55.8 Å². The van der Waals surface area contributed by atoms with Crippen molar-refractivity contribution in [1.82, 2.24) is 14.7 Å². The maximum absolute atomic E-state index is 13.2. The van der Waals surface area contributed by atoms with Crippen LogP contribution in [0.1, 0.15) is 41.1 Å². The number of rotatable bonds is 6. The fraction of sp³-hybridized carbons (Fsp3) is 0.333. The smallest absolute Gasteiger partial charge is 0.291 e. The lowest BCUT2D eigenvalue weighted by atomic mass is 10.1. The van der Waals surface area contributed by atoms with Crippen molar-refractivity contribution in [2.75, 3.05) is 18.4 Å². The maximum atomic E-state index is 13.2. The molecule has 0 atom stereocenters. The Labute approximate surface area is 173 Å². The van der Waals surface area contributed by atoms with Crippen LogP contribution in [0.3, 0.4) is 0 Å². The summed E-state index contributed by atoms with van der Waals surface area (Å²) in [5.41, 5.74) is 1.28. The van der Waals surface area contributed by atoms with Crippen molar-refractivity contribution in [2.45, 2.75) is 32.4 Å². The molecule has 29 heavy (non-hydrogen) atoms. The summed E-state index contributed by atoms with van der Waals surface area (Å²) in [6, 6.07) is 7.78. The molecule has 1 aliphatic rings. The summed E-state index contributed by atoms with van der Waals surface area (Å²) in [4.78, 5) is 14.8. The van der Waals surface area contributed by atoms with Crippen molar-refractivity contribution in [2.24, 2.45) is 0 Å². The largest absolute Gasteiger partial charge is 0.455 e. The maximum Gasteiger partial charge on any atom is 0.291 e. The number of furan rings is 1. The standard InChI is InChI=1S/C21H22ClFN4O2/c22-19-10-16(23)5-4-15(19)12-27-13-17(11-24-27)25-21(28)20-7-6-18(29-20)14-26-8-2-1-3-9-26/h4-7,10-11,13H,1-3,8-9,12,14H2,(H,25,28). The van der Waals surface area contributed by atoms with Gasteiger partial charge in [-0.1, -0.05) is 24.1 Å². The summed E-state index contributed by atoms with van der Waals surface area (Å²) in [5.74, 6) is 0.351. The lowest BCUT2D eigenvalue weighted by molar-refractivity contribution is 0.0992. The van der Waals surface area contributed by atoms with E-state index < -0.39 is 0 Å². The van der Waals surface area contributed by atoms with Gasteiger partial charge in [-0.25, -0.2) is 4.39 Å². The lowest BCUT2D eigenvalue weighted by Gasteiger charge is -2.25. The molecule has 2 aromatic heterocycles. The first-order chi connectivity index (χ1) is 14.1. The van der Waals surface area contributed by atoms with Gasteiger partial charge in [-0.3, -0.25) is 14.4 Å². The van der Waals surface area contributed by atoms with Crippen LogP contribution in [0.25, 0.3) is 0 Å². The molecular weight excluding hydrogens is 395 g/mol. The Kier molecular flexibility index (Phi) is 5.97. The number of benzene rings is 1. The highest BCUT2D eigenvalue weighted by molar-refractivity contribution is 6.31. The first-order valence-corrected chi connectivity index (χ1v) is 10.0. The molecule has 0 unspecified atom stereocenters. The highest BCUT2D eigenvalue weighted by Crippen LogP contribution is 2.20. The number of amides is 1. The molecule has 0 radical (unpaired) electrons. The number of carbonyl (C=O) groups is 1. The number of halogens is 2. The number of nitrogens with one attached hydrogen (secondary N) is 1. The van der Waals surface area contributed by atoms with Gasteiger partial charge < -0.3 is 9.73 Å². The second-order valence-corrected chi connectivity index (χ2v) is 7.63. The minimum absolute atomic E-state index is 0.270. The molecule has 4 rings (SSSR count). The van der Waals surface area contributed by atoms with Crippen LogP contribution in [0, 0.1) is 5.82 Å². The van der Waals surface area contributed by atoms with Crippen molar-refractivity contribution in [3.63, 3.8) is 0 Å². The zero-order chi connectivity index (χ0) is 20.2. The van der Waals surface area contributed by atoms with E-state index >= 15 is 0 Å². The van der Waals surface area contributed by atoms with Crippen molar-refractivity contribution in [3.8, 4) is 0 Å². The lowest BCUT2D eigenvalue weighted by Crippen LogP contribution is -2.28. The van der Waals surface area contributed by atoms with Gasteiger partial charge in [0.1, 0.15) is 11.6 Å². The number of piperidine rings is 1. The summed E-state index contributed by atoms with van der Waals surface area (Å²) in [6.45, 7) is 3.23. The van der Waals surface area contributed by atoms with E-state index in [4.69, 9.17) is 16.0 Å². The molecule has 1 N–H and O–H groups in total. The van der Waals surface area contributed by atoms with Gasteiger partial charge in [0.05, 0.1) is 25.0 Å². The molecule has 0 saturated carbocycles. The molecule has 6 nitrogen and oxygen atoms in total. The number of likely N-dealkylation sites (tertiary alicyclic amines) is 1. The fourth-order valence-electron chi connectivity index (χ4n) is 3.45. The Morgan fingerprint density at radius 2 is 2.00 bits per heavy atom. The highest BCUT2D eigenvalue weighted by atomic mass is 35.5. The second-order valence-electron chi connectivity index (χ2n) is 7.22. The van der Waals surface area contributed by atoms with E-state index in [1.54, 1.807) is 29.2 Å².